The lowest BCUT2D eigenvalue weighted by Gasteiger charge is -1.90. The molecule has 0 aromatic carbocycles. The number of allylic oxidation sites excluding steroid dienone is 1. The van der Waals surface area contributed by atoms with Crippen LogP contribution in [0.1, 0.15) is 26.7 Å². The summed E-state index contributed by atoms with van der Waals surface area (Å²) in [7, 11) is 0. The molecule has 0 unspecified atom stereocenters. The van der Waals surface area contributed by atoms with E-state index in [1.807, 2.05) is 0 Å². The minimum atomic E-state index is 0.275. The maximum Gasteiger partial charge on any atom is 0.0465 e. The van der Waals surface area contributed by atoms with Crippen molar-refractivity contribution in [3.8, 4) is 0 Å². The van der Waals surface area contributed by atoms with Gasteiger partial charge in [-0.3, -0.25) is 0 Å². The largest absolute Gasteiger partial charge is 0.396 e. The molecule has 0 heterocycles. The summed E-state index contributed by atoms with van der Waals surface area (Å²) < 4.78 is 0. The maximum atomic E-state index is 8.37. The van der Waals surface area contributed by atoms with Crippen LogP contribution in [0.15, 0.2) is 11.6 Å². The molecule has 0 aromatic heterocycles. The first-order valence-electron chi connectivity index (χ1n) is 3.07. The monoisotopic (exact) mass is 114 g/mol. The Labute approximate surface area is 51.0 Å². The van der Waals surface area contributed by atoms with Crippen LogP contribution in [0.3, 0.4) is 0 Å². The Morgan fingerprint density at radius 2 is 2.25 bits per heavy atom. The molecule has 0 fully saturated rings. The molecule has 0 aliphatic heterocycles. The Bertz CT molecular complexity index is 74.5. The molecule has 8 heavy (non-hydrogen) atoms. The second-order valence-corrected chi connectivity index (χ2v) is 1.92. The lowest BCUT2D eigenvalue weighted by atomic mass is 10.2. The van der Waals surface area contributed by atoms with Crippen molar-refractivity contribution < 1.29 is 5.11 Å². The predicted octanol–water partition coefficient (Wildman–Crippen LogP) is 1.73. The van der Waals surface area contributed by atoms with Crippen molar-refractivity contribution in [1.29, 1.82) is 0 Å². The summed E-state index contributed by atoms with van der Waals surface area (Å²) in [5.41, 5.74) is 1.36. The molecule has 1 nitrogen and oxygen atoms in total. The Morgan fingerprint density at radius 1 is 1.62 bits per heavy atom. The van der Waals surface area contributed by atoms with Gasteiger partial charge >= 0.3 is 0 Å². The fraction of sp³-hybridized carbons (Fsp3) is 0.714. The minimum absolute atomic E-state index is 0.275. The van der Waals surface area contributed by atoms with Crippen molar-refractivity contribution in [3.63, 3.8) is 0 Å². The highest BCUT2D eigenvalue weighted by molar-refractivity contribution is 4.96. The molecule has 0 radical (unpaired) electrons. The second kappa shape index (κ2) is 4.85. The van der Waals surface area contributed by atoms with Gasteiger partial charge < -0.3 is 5.11 Å². The third-order valence-electron chi connectivity index (χ3n) is 1.18. The van der Waals surface area contributed by atoms with Gasteiger partial charge in [0.2, 0.25) is 0 Å². The summed E-state index contributed by atoms with van der Waals surface area (Å²) in [6.07, 6.45) is 3.97. The molecule has 48 valence electrons. The van der Waals surface area contributed by atoms with Crippen molar-refractivity contribution >= 4 is 0 Å². The highest BCUT2D eigenvalue weighted by Gasteiger charge is 1.80. The fourth-order valence-electron chi connectivity index (χ4n) is 0.455. The zero-order chi connectivity index (χ0) is 6.41. The van der Waals surface area contributed by atoms with Gasteiger partial charge in [0.25, 0.3) is 0 Å². The summed E-state index contributed by atoms with van der Waals surface area (Å²) in [6.45, 7) is 4.47. The van der Waals surface area contributed by atoms with Crippen LogP contribution in [0.5, 0.6) is 0 Å². The van der Waals surface area contributed by atoms with Crippen LogP contribution in [0.25, 0.3) is 0 Å². The maximum absolute atomic E-state index is 8.37. The highest BCUT2D eigenvalue weighted by Crippen LogP contribution is 1.98. The number of aliphatic hydroxyl groups is 1. The van der Waals surface area contributed by atoms with E-state index in [0.29, 0.717) is 0 Å². The first-order valence-corrected chi connectivity index (χ1v) is 3.07. The van der Waals surface area contributed by atoms with Crippen molar-refractivity contribution in [2.45, 2.75) is 26.7 Å². The van der Waals surface area contributed by atoms with Crippen LogP contribution >= 0.6 is 0 Å². The highest BCUT2D eigenvalue weighted by atomic mass is 16.2. The number of hydrogen-bond acceptors (Lipinski definition) is 1. The van der Waals surface area contributed by atoms with Crippen LogP contribution in [0.4, 0.5) is 0 Å². The molecule has 0 bridgehead atoms. The molecule has 0 aliphatic carbocycles. The number of hydrogen-bond donors (Lipinski definition) is 1. The number of rotatable bonds is 3. The third kappa shape index (κ3) is 3.88. The smallest absolute Gasteiger partial charge is 0.0465 e. The fourth-order valence-corrected chi connectivity index (χ4v) is 0.455. The lowest BCUT2D eigenvalue weighted by Crippen LogP contribution is -1.78. The first kappa shape index (κ1) is 7.70. The summed E-state index contributed by atoms with van der Waals surface area (Å²) in [5.74, 6) is 0. The molecular weight excluding hydrogens is 100 g/mol. The van der Waals surface area contributed by atoms with Gasteiger partial charge in [-0.05, 0) is 19.8 Å². The van der Waals surface area contributed by atoms with Crippen LogP contribution in [0, 0.1) is 0 Å². The van der Waals surface area contributed by atoms with E-state index >= 15 is 0 Å². The summed E-state index contributed by atoms with van der Waals surface area (Å²) in [4.78, 5) is 0. The molecule has 0 amide bonds. The van der Waals surface area contributed by atoms with Crippen LogP contribution in [-0.2, 0) is 0 Å². The van der Waals surface area contributed by atoms with Gasteiger partial charge in [-0.1, -0.05) is 18.6 Å². The average Bonchev–Trinajstić information content (AvgIpc) is 1.83. The van der Waals surface area contributed by atoms with E-state index in [9.17, 15) is 0 Å². The second-order valence-electron chi connectivity index (χ2n) is 1.92. The molecule has 1 heteroatoms. The summed E-state index contributed by atoms with van der Waals surface area (Å²) in [5, 5.41) is 8.37. The number of aliphatic hydroxyl groups excluding tert-OH is 1. The van der Waals surface area contributed by atoms with E-state index in [1.54, 1.807) is 0 Å². The summed E-state index contributed by atoms with van der Waals surface area (Å²) >= 11 is 0. The molecule has 1 N–H and O–H groups in total. The molecule has 0 rings (SSSR count). The molecule has 0 atom stereocenters. The van der Waals surface area contributed by atoms with Gasteiger partial charge in [0, 0.05) is 6.61 Å². The van der Waals surface area contributed by atoms with Gasteiger partial charge in [-0.2, -0.15) is 0 Å². The quantitative estimate of drug-likeness (QED) is 0.554. The standard InChI is InChI=1S/C7H14O/c1-3-7(2)5-4-6-8/h5,8H,3-4,6H2,1-2H3/b7-5-. The van der Waals surface area contributed by atoms with Crippen molar-refractivity contribution in [2.75, 3.05) is 6.61 Å². The van der Waals surface area contributed by atoms with E-state index in [0.717, 1.165) is 12.8 Å². The van der Waals surface area contributed by atoms with Gasteiger partial charge in [-0.25, -0.2) is 0 Å². The third-order valence-corrected chi connectivity index (χ3v) is 1.18. The van der Waals surface area contributed by atoms with Crippen LogP contribution in [-0.4, -0.2) is 11.7 Å². The van der Waals surface area contributed by atoms with Gasteiger partial charge in [-0.15, -0.1) is 0 Å². The van der Waals surface area contributed by atoms with E-state index in [-0.39, 0.29) is 6.61 Å². The Kier molecular flexibility index (Phi) is 4.67. The molecule has 0 saturated heterocycles. The zero-order valence-electron chi connectivity index (χ0n) is 5.65. The zero-order valence-corrected chi connectivity index (χ0v) is 5.65. The van der Waals surface area contributed by atoms with Crippen molar-refractivity contribution in [1.82, 2.24) is 0 Å². The van der Waals surface area contributed by atoms with Crippen molar-refractivity contribution in [3.05, 3.63) is 11.6 Å². The van der Waals surface area contributed by atoms with Gasteiger partial charge in [0.15, 0.2) is 0 Å². The van der Waals surface area contributed by atoms with Crippen LogP contribution in [0.2, 0.25) is 0 Å². The SMILES string of the molecule is CC/C(C)=C\CCO. The van der Waals surface area contributed by atoms with Gasteiger partial charge in [0.1, 0.15) is 0 Å². The molecule has 0 saturated carbocycles. The summed E-state index contributed by atoms with van der Waals surface area (Å²) in [6, 6.07) is 0. The minimum Gasteiger partial charge on any atom is -0.396 e. The van der Waals surface area contributed by atoms with Crippen molar-refractivity contribution in [2.24, 2.45) is 0 Å². The van der Waals surface area contributed by atoms with E-state index in [2.05, 4.69) is 19.9 Å². The topological polar surface area (TPSA) is 20.2 Å². The Balaban J connectivity index is 3.26. The molecular formula is C7H14O. The Morgan fingerprint density at radius 3 is 2.62 bits per heavy atom. The van der Waals surface area contributed by atoms with Crippen LogP contribution < -0.4 is 0 Å². The predicted molar refractivity (Wildman–Crippen MR) is 35.8 cm³/mol. The Hall–Kier alpha value is -0.300. The first-order chi connectivity index (χ1) is 3.81. The van der Waals surface area contributed by atoms with Gasteiger partial charge in [0.05, 0.1) is 0 Å². The van der Waals surface area contributed by atoms with E-state index in [1.165, 1.54) is 5.57 Å². The normalized spacial score (nSPS) is 12.1. The molecule has 0 spiro atoms. The molecule has 0 aromatic rings. The van der Waals surface area contributed by atoms with E-state index in [4.69, 9.17) is 5.11 Å². The lowest BCUT2D eigenvalue weighted by molar-refractivity contribution is 0.302. The average molecular weight is 114 g/mol. The molecule has 0 aliphatic rings. The van der Waals surface area contributed by atoms with E-state index < -0.39 is 0 Å².